The monoisotopic (exact) mass is 385 g/mol. The fraction of sp³-hybridized carbons (Fsp3) is 0.450. The second kappa shape index (κ2) is 10.0. The lowest BCUT2D eigenvalue weighted by Gasteiger charge is -2.26. The molecule has 0 unspecified atom stereocenters. The van der Waals surface area contributed by atoms with Crippen molar-refractivity contribution in [2.75, 3.05) is 51.8 Å². The lowest BCUT2D eigenvalue weighted by atomic mass is 10.2. The number of nitrogens with one attached hydrogen (secondary N) is 2. The first-order valence-electron chi connectivity index (χ1n) is 9.45. The Morgan fingerprint density at radius 3 is 2.68 bits per heavy atom. The summed E-state index contributed by atoms with van der Waals surface area (Å²) in [5.74, 6) is 1.81. The third-order valence-electron chi connectivity index (χ3n) is 4.52. The minimum atomic E-state index is -0.189. The van der Waals surface area contributed by atoms with Crippen LogP contribution in [0.2, 0.25) is 0 Å². The van der Waals surface area contributed by atoms with Crippen LogP contribution in [0.4, 0.5) is 5.82 Å². The molecule has 1 aliphatic heterocycles. The van der Waals surface area contributed by atoms with Gasteiger partial charge in [0.1, 0.15) is 23.1 Å². The standard InChI is InChI=1S/C20H27N5O3/c1-15-23-18(20(26)21-7-8-25-9-11-28-12-10-25)13-19(24-15)22-14-16-3-5-17(27-2)6-4-16/h3-6,13H,7-12,14H2,1-2H3,(H,21,26)(H,22,23,24). The molecule has 0 radical (unpaired) electrons. The summed E-state index contributed by atoms with van der Waals surface area (Å²) >= 11 is 0. The number of anilines is 1. The van der Waals surface area contributed by atoms with Gasteiger partial charge in [-0.05, 0) is 24.6 Å². The molecule has 0 spiro atoms. The second-order valence-electron chi connectivity index (χ2n) is 6.60. The average molecular weight is 385 g/mol. The van der Waals surface area contributed by atoms with Crippen LogP contribution in [0.25, 0.3) is 0 Å². The van der Waals surface area contributed by atoms with Crippen LogP contribution in [0, 0.1) is 6.92 Å². The number of ether oxygens (including phenoxy) is 2. The number of nitrogens with zero attached hydrogens (tertiary/aromatic N) is 3. The van der Waals surface area contributed by atoms with E-state index in [2.05, 4.69) is 25.5 Å². The summed E-state index contributed by atoms with van der Waals surface area (Å²) in [6, 6.07) is 9.48. The number of carbonyl (C=O) groups excluding carboxylic acids is 1. The summed E-state index contributed by atoms with van der Waals surface area (Å²) in [7, 11) is 1.64. The SMILES string of the molecule is COc1ccc(CNc2cc(C(=O)NCCN3CCOCC3)nc(C)n2)cc1. The van der Waals surface area contributed by atoms with Crippen LogP contribution in [-0.4, -0.2) is 67.3 Å². The number of benzene rings is 1. The summed E-state index contributed by atoms with van der Waals surface area (Å²) in [6.45, 7) is 7.08. The van der Waals surface area contributed by atoms with Crippen LogP contribution >= 0.6 is 0 Å². The fourth-order valence-electron chi connectivity index (χ4n) is 2.95. The van der Waals surface area contributed by atoms with E-state index in [-0.39, 0.29) is 5.91 Å². The fourth-order valence-corrected chi connectivity index (χ4v) is 2.95. The zero-order valence-electron chi connectivity index (χ0n) is 16.4. The second-order valence-corrected chi connectivity index (χ2v) is 6.60. The molecule has 2 N–H and O–H groups in total. The van der Waals surface area contributed by atoms with Gasteiger partial charge < -0.3 is 20.1 Å². The van der Waals surface area contributed by atoms with Crippen LogP contribution < -0.4 is 15.4 Å². The molecule has 150 valence electrons. The molecule has 2 aromatic rings. The van der Waals surface area contributed by atoms with E-state index in [1.54, 1.807) is 20.1 Å². The summed E-state index contributed by atoms with van der Waals surface area (Å²) in [5.41, 5.74) is 1.46. The molecule has 1 aromatic heterocycles. The van der Waals surface area contributed by atoms with E-state index in [9.17, 15) is 4.79 Å². The first kappa shape index (κ1) is 20.0. The Morgan fingerprint density at radius 1 is 1.21 bits per heavy atom. The maximum Gasteiger partial charge on any atom is 0.270 e. The molecule has 0 atom stereocenters. The molecule has 0 bridgehead atoms. The summed E-state index contributed by atoms with van der Waals surface area (Å²) in [6.07, 6.45) is 0. The van der Waals surface area contributed by atoms with E-state index >= 15 is 0 Å². The van der Waals surface area contributed by atoms with E-state index in [1.165, 1.54) is 0 Å². The van der Waals surface area contributed by atoms with Crippen LogP contribution in [0.15, 0.2) is 30.3 Å². The lowest BCUT2D eigenvalue weighted by Crippen LogP contribution is -2.41. The molecule has 28 heavy (non-hydrogen) atoms. The van der Waals surface area contributed by atoms with Crippen molar-refractivity contribution in [1.29, 1.82) is 0 Å². The maximum atomic E-state index is 12.4. The number of aryl methyl sites for hydroxylation is 1. The van der Waals surface area contributed by atoms with Gasteiger partial charge >= 0.3 is 0 Å². The van der Waals surface area contributed by atoms with Gasteiger partial charge in [0.2, 0.25) is 0 Å². The van der Waals surface area contributed by atoms with Gasteiger partial charge in [-0.25, -0.2) is 9.97 Å². The topological polar surface area (TPSA) is 88.6 Å². The Morgan fingerprint density at radius 2 is 1.96 bits per heavy atom. The number of carbonyl (C=O) groups is 1. The number of hydrogen-bond donors (Lipinski definition) is 2. The number of morpholine rings is 1. The van der Waals surface area contributed by atoms with Crippen molar-refractivity contribution in [3.8, 4) is 5.75 Å². The van der Waals surface area contributed by atoms with Crippen molar-refractivity contribution in [1.82, 2.24) is 20.2 Å². The summed E-state index contributed by atoms with van der Waals surface area (Å²) in [4.78, 5) is 23.4. The van der Waals surface area contributed by atoms with Gasteiger partial charge in [0, 0.05) is 38.8 Å². The number of hydrogen-bond acceptors (Lipinski definition) is 7. The lowest BCUT2D eigenvalue weighted by molar-refractivity contribution is 0.0383. The third kappa shape index (κ3) is 5.90. The average Bonchev–Trinajstić information content (AvgIpc) is 2.73. The molecule has 2 heterocycles. The minimum Gasteiger partial charge on any atom is -0.497 e. The molecule has 1 amide bonds. The molecule has 1 fully saturated rings. The summed E-state index contributed by atoms with van der Waals surface area (Å²) in [5, 5.41) is 6.18. The molecule has 1 aromatic carbocycles. The Kier molecular flexibility index (Phi) is 7.16. The highest BCUT2D eigenvalue weighted by atomic mass is 16.5. The molecule has 3 rings (SSSR count). The number of methoxy groups -OCH3 is 1. The quantitative estimate of drug-likeness (QED) is 0.711. The van der Waals surface area contributed by atoms with Crippen LogP contribution in [0.5, 0.6) is 5.75 Å². The van der Waals surface area contributed by atoms with Gasteiger partial charge in [0.05, 0.1) is 20.3 Å². The number of amides is 1. The Balaban J connectivity index is 1.53. The van der Waals surface area contributed by atoms with E-state index in [0.717, 1.165) is 44.2 Å². The molecule has 0 aliphatic carbocycles. The maximum absolute atomic E-state index is 12.4. The highest BCUT2D eigenvalue weighted by molar-refractivity contribution is 5.92. The molecular weight excluding hydrogens is 358 g/mol. The third-order valence-corrected chi connectivity index (χ3v) is 4.52. The number of rotatable bonds is 8. The van der Waals surface area contributed by atoms with Crippen molar-refractivity contribution in [2.45, 2.75) is 13.5 Å². The van der Waals surface area contributed by atoms with Crippen LogP contribution in [-0.2, 0) is 11.3 Å². The molecule has 8 heteroatoms. The van der Waals surface area contributed by atoms with Crippen LogP contribution in [0.1, 0.15) is 21.9 Å². The Labute approximate surface area is 165 Å². The van der Waals surface area contributed by atoms with Gasteiger partial charge in [0.15, 0.2) is 0 Å². The zero-order valence-corrected chi connectivity index (χ0v) is 16.4. The van der Waals surface area contributed by atoms with Crippen molar-refractivity contribution >= 4 is 11.7 Å². The smallest absolute Gasteiger partial charge is 0.270 e. The van der Waals surface area contributed by atoms with Crippen molar-refractivity contribution in [3.05, 3.63) is 47.4 Å². The Bertz CT molecular complexity index is 776. The van der Waals surface area contributed by atoms with Gasteiger partial charge in [-0.2, -0.15) is 0 Å². The molecule has 1 saturated heterocycles. The number of aromatic nitrogens is 2. The molecular formula is C20H27N5O3. The van der Waals surface area contributed by atoms with Gasteiger partial charge in [-0.15, -0.1) is 0 Å². The van der Waals surface area contributed by atoms with Crippen LogP contribution in [0.3, 0.4) is 0 Å². The largest absolute Gasteiger partial charge is 0.497 e. The van der Waals surface area contributed by atoms with Gasteiger partial charge in [0.25, 0.3) is 5.91 Å². The van der Waals surface area contributed by atoms with Crippen molar-refractivity contribution < 1.29 is 14.3 Å². The summed E-state index contributed by atoms with van der Waals surface area (Å²) < 4.78 is 10.5. The predicted octanol–water partition coefficient (Wildman–Crippen LogP) is 1.47. The first-order chi connectivity index (χ1) is 13.6. The highest BCUT2D eigenvalue weighted by Gasteiger charge is 2.13. The van der Waals surface area contributed by atoms with E-state index in [0.29, 0.717) is 30.4 Å². The molecule has 1 aliphatic rings. The zero-order chi connectivity index (χ0) is 19.8. The Hall–Kier alpha value is -2.71. The molecule has 0 saturated carbocycles. The highest BCUT2D eigenvalue weighted by Crippen LogP contribution is 2.13. The predicted molar refractivity (Wildman–Crippen MR) is 107 cm³/mol. The minimum absolute atomic E-state index is 0.189. The van der Waals surface area contributed by atoms with E-state index < -0.39 is 0 Å². The van der Waals surface area contributed by atoms with E-state index in [1.807, 2.05) is 24.3 Å². The van der Waals surface area contributed by atoms with Crippen molar-refractivity contribution in [2.24, 2.45) is 0 Å². The van der Waals surface area contributed by atoms with Crippen molar-refractivity contribution in [3.63, 3.8) is 0 Å². The van der Waals surface area contributed by atoms with Gasteiger partial charge in [-0.3, -0.25) is 9.69 Å². The molecule has 8 nitrogen and oxygen atoms in total. The van der Waals surface area contributed by atoms with Gasteiger partial charge in [-0.1, -0.05) is 12.1 Å². The first-order valence-corrected chi connectivity index (χ1v) is 9.45. The van der Waals surface area contributed by atoms with E-state index in [4.69, 9.17) is 9.47 Å². The normalized spacial score (nSPS) is 14.5.